The molecule has 48 heavy (non-hydrogen) atoms. The Morgan fingerprint density at radius 2 is 1.42 bits per heavy atom. The van der Waals surface area contributed by atoms with Crippen LogP contribution in [0.2, 0.25) is 0 Å². The number of nitrogens with one attached hydrogen (secondary N) is 5. The molecule has 0 aliphatic heterocycles. The minimum atomic E-state index is -1.31. The summed E-state index contributed by atoms with van der Waals surface area (Å²) in [6.45, 7) is 6.75. The summed E-state index contributed by atoms with van der Waals surface area (Å²) in [5.41, 5.74) is 17.2. The maximum Gasteiger partial charge on any atom is 0.326 e. The molecule has 17 nitrogen and oxygen atoms in total. The number of aliphatic carboxylic acids is 1. The van der Waals surface area contributed by atoms with E-state index in [1.165, 1.54) is 38.1 Å². The highest BCUT2D eigenvalue weighted by atomic mass is 16.4. The number of phenols is 1. The molecule has 13 N–H and O–H groups in total. The van der Waals surface area contributed by atoms with Gasteiger partial charge >= 0.3 is 5.97 Å². The number of unbranched alkanes of at least 4 members (excludes halogenated alkanes) is 1. The Morgan fingerprint density at radius 1 is 0.792 bits per heavy atom. The Labute approximate surface area is 280 Å². The third-order valence-corrected chi connectivity index (χ3v) is 7.22. The number of hydrogen-bond acceptors (Lipinski definition) is 9. The van der Waals surface area contributed by atoms with Crippen LogP contribution < -0.4 is 43.8 Å². The number of amides is 5. The van der Waals surface area contributed by atoms with Gasteiger partial charge in [0.1, 0.15) is 29.9 Å². The number of carbonyl (C=O) groups is 6. The Kier molecular flexibility index (Phi) is 18.0. The zero-order chi connectivity index (χ0) is 36.4. The molecule has 0 saturated heterocycles. The van der Waals surface area contributed by atoms with E-state index in [2.05, 4.69) is 31.6 Å². The molecule has 17 heteroatoms. The number of benzene rings is 1. The topological polar surface area (TPSA) is 293 Å². The second-order valence-corrected chi connectivity index (χ2v) is 11.8. The summed E-state index contributed by atoms with van der Waals surface area (Å²) in [6.07, 6.45) is 1.75. The second-order valence-electron chi connectivity index (χ2n) is 11.8. The number of carboxylic acid groups (broad SMARTS) is 1. The van der Waals surface area contributed by atoms with Crippen molar-refractivity contribution in [3.8, 4) is 5.75 Å². The molecule has 1 rings (SSSR count). The van der Waals surface area contributed by atoms with Crippen molar-refractivity contribution in [3.05, 3.63) is 29.8 Å². The third-order valence-electron chi connectivity index (χ3n) is 7.22. The van der Waals surface area contributed by atoms with Crippen molar-refractivity contribution < 1.29 is 39.0 Å². The van der Waals surface area contributed by atoms with Gasteiger partial charge in [0.15, 0.2) is 5.96 Å². The van der Waals surface area contributed by atoms with Gasteiger partial charge < -0.3 is 54.0 Å². The number of carboxylic acids is 1. The van der Waals surface area contributed by atoms with Crippen molar-refractivity contribution in [2.75, 3.05) is 13.1 Å². The zero-order valence-corrected chi connectivity index (χ0v) is 28.0. The van der Waals surface area contributed by atoms with E-state index in [4.69, 9.17) is 17.2 Å². The number of guanidine groups is 1. The van der Waals surface area contributed by atoms with Crippen molar-refractivity contribution in [1.82, 2.24) is 26.6 Å². The quantitative estimate of drug-likeness (QED) is 0.0398. The summed E-state index contributed by atoms with van der Waals surface area (Å²) < 4.78 is 0. The van der Waals surface area contributed by atoms with Crippen molar-refractivity contribution in [3.63, 3.8) is 0 Å². The first kappa shape index (κ1) is 41.1. The lowest BCUT2D eigenvalue weighted by molar-refractivity contribution is -0.142. The molecule has 0 aliphatic carbocycles. The molecule has 0 bridgehead atoms. The van der Waals surface area contributed by atoms with Crippen molar-refractivity contribution in [1.29, 1.82) is 0 Å². The average molecular weight is 678 g/mol. The molecule has 0 spiro atoms. The largest absolute Gasteiger partial charge is 0.508 e. The van der Waals surface area contributed by atoms with E-state index in [1.54, 1.807) is 13.8 Å². The fourth-order valence-corrected chi connectivity index (χ4v) is 4.46. The van der Waals surface area contributed by atoms with Crippen LogP contribution in [0.3, 0.4) is 0 Å². The lowest BCUT2D eigenvalue weighted by Crippen LogP contribution is -2.59. The molecule has 268 valence electrons. The van der Waals surface area contributed by atoms with Gasteiger partial charge in [0, 0.05) is 26.4 Å². The fraction of sp³-hybridized carbons (Fsp3) is 0.581. The number of rotatable bonds is 21. The summed E-state index contributed by atoms with van der Waals surface area (Å²) in [7, 11) is 0. The highest BCUT2D eigenvalue weighted by Gasteiger charge is 2.31. The van der Waals surface area contributed by atoms with E-state index in [9.17, 15) is 39.0 Å². The van der Waals surface area contributed by atoms with Gasteiger partial charge in [0.25, 0.3) is 0 Å². The van der Waals surface area contributed by atoms with E-state index in [0.29, 0.717) is 31.4 Å². The van der Waals surface area contributed by atoms with Crippen LogP contribution in [0.25, 0.3) is 0 Å². The first-order chi connectivity index (χ1) is 22.5. The molecule has 0 fully saturated rings. The Morgan fingerprint density at radius 3 is 1.98 bits per heavy atom. The number of carbonyl (C=O) groups excluding carboxylic acids is 5. The normalized spacial score (nSPS) is 14.0. The van der Waals surface area contributed by atoms with Gasteiger partial charge in [-0.05, 0) is 62.6 Å². The highest BCUT2D eigenvalue weighted by Crippen LogP contribution is 2.12. The summed E-state index contributed by atoms with van der Waals surface area (Å²) in [6, 6.07) is 0.247. The zero-order valence-electron chi connectivity index (χ0n) is 28.0. The van der Waals surface area contributed by atoms with Crippen molar-refractivity contribution in [2.45, 2.75) is 96.4 Å². The first-order valence-electron chi connectivity index (χ1n) is 15.8. The van der Waals surface area contributed by atoms with Crippen molar-refractivity contribution >= 4 is 41.5 Å². The van der Waals surface area contributed by atoms with E-state index in [1.807, 2.05) is 0 Å². The summed E-state index contributed by atoms with van der Waals surface area (Å²) in [4.78, 5) is 79.2. The standard InChI is InChI=1S/C31H51N9O8/c1-17(2)25(29(46)39-24(30(47)48)16-20-10-12-21(42)13-11-20)40-26(43)18(3)37-28(45)23(9-5-6-14-35-19(4)41)38-27(44)22(32)8-7-15-36-31(33)34/h10-13,17-18,22-25,42H,5-9,14-16,32H2,1-4H3,(H,35,41)(H,37,45)(H,38,44)(H,39,46)(H,40,43)(H,47,48)(H4,33,34,36)/t18-,22-,23-,24+,25-/m0/s1. The van der Waals surface area contributed by atoms with Crippen LogP contribution in [0.4, 0.5) is 0 Å². The minimum Gasteiger partial charge on any atom is -0.508 e. The monoisotopic (exact) mass is 677 g/mol. The molecule has 0 unspecified atom stereocenters. The Bertz CT molecular complexity index is 1270. The van der Waals surface area contributed by atoms with Gasteiger partial charge in [0.2, 0.25) is 29.5 Å². The van der Waals surface area contributed by atoms with Crippen LogP contribution >= 0.6 is 0 Å². The van der Waals surface area contributed by atoms with Gasteiger partial charge in [-0.15, -0.1) is 0 Å². The number of nitrogens with two attached hydrogens (primary N) is 3. The van der Waals surface area contributed by atoms with E-state index >= 15 is 0 Å². The van der Waals surface area contributed by atoms with Gasteiger partial charge in [-0.2, -0.15) is 0 Å². The van der Waals surface area contributed by atoms with Crippen molar-refractivity contribution in [2.24, 2.45) is 28.1 Å². The van der Waals surface area contributed by atoms with Gasteiger partial charge in [-0.3, -0.25) is 29.0 Å². The molecule has 0 aromatic heterocycles. The average Bonchev–Trinajstić information content (AvgIpc) is 3.00. The number of aliphatic imine (C=N–C) groups is 1. The van der Waals surface area contributed by atoms with Crippen LogP contribution in [0.5, 0.6) is 5.75 Å². The molecule has 5 atom stereocenters. The highest BCUT2D eigenvalue weighted by molar-refractivity contribution is 5.95. The van der Waals surface area contributed by atoms with Crippen LogP contribution in [0, 0.1) is 5.92 Å². The Balaban J connectivity index is 2.91. The van der Waals surface area contributed by atoms with Crippen LogP contribution in [0.15, 0.2) is 29.3 Å². The SMILES string of the molecule is CC(=O)NCCCC[C@H](NC(=O)[C@@H](N)CCCN=C(N)N)C(=O)N[C@@H](C)C(=O)N[C@H](C(=O)N[C@H](Cc1ccc(O)cc1)C(=O)O)C(C)C. The lowest BCUT2D eigenvalue weighted by Gasteiger charge is -2.26. The summed E-state index contributed by atoms with van der Waals surface area (Å²) >= 11 is 0. The lowest BCUT2D eigenvalue weighted by atomic mass is 10.0. The second kappa shape index (κ2) is 21.0. The smallest absolute Gasteiger partial charge is 0.326 e. The van der Waals surface area contributed by atoms with Crippen LogP contribution in [-0.4, -0.2) is 95.0 Å². The maximum atomic E-state index is 13.3. The summed E-state index contributed by atoms with van der Waals surface area (Å²) in [5.74, 6) is -4.72. The minimum absolute atomic E-state index is 0.00805. The molecule has 5 amide bonds. The Hall–Kier alpha value is -4.93. The predicted octanol–water partition coefficient (Wildman–Crippen LogP) is -1.68. The predicted molar refractivity (Wildman–Crippen MR) is 178 cm³/mol. The van der Waals surface area contributed by atoms with Crippen LogP contribution in [-0.2, 0) is 35.2 Å². The van der Waals surface area contributed by atoms with Crippen LogP contribution in [0.1, 0.15) is 65.4 Å². The van der Waals surface area contributed by atoms with Gasteiger partial charge in [-0.1, -0.05) is 26.0 Å². The molecule has 0 saturated carbocycles. The third kappa shape index (κ3) is 16.1. The van der Waals surface area contributed by atoms with Gasteiger partial charge in [-0.25, -0.2) is 4.79 Å². The molecule has 0 heterocycles. The van der Waals surface area contributed by atoms with E-state index in [-0.39, 0.29) is 43.4 Å². The molecular weight excluding hydrogens is 626 g/mol. The summed E-state index contributed by atoms with van der Waals surface area (Å²) in [5, 5.41) is 32.0. The molecule has 1 aromatic rings. The number of nitrogens with zero attached hydrogens (tertiary/aromatic N) is 1. The molecule has 0 aliphatic rings. The number of phenolic OH excluding ortho intramolecular Hbond substituents is 1. The number of aromatic hydroxyl groups is 1. The van der Waals surface area contributed by atoms with E-state index < -0.39 is 65.7 Å². The number of hydrogen-bond donors (Lipinski definition) is 10. The fourth-order valence-electron chi connectivity index (χ4n) is 4.46. The first-order valence-corrected chi connectivity index (χ1v) is 15.8. The maximum absolute atomic E-state index is 13.3. The van der Waals surface area contributed by atoms with Gasteiger partial charge in [0.05, 0.1) is 6.04 Å². The molecule has 1 aromatic carbocycles. The molecule has 0 radical (unpaired) electrons. The molecular formula is C31H51N9O8. The van der Waals surface area contributed by atoms with E-state index in [0.717, 1.165) is 0 Å².